The highest BCUT2D eigenvalue weighted by Gasteiger charge is 2.41. The summed E-state index contributed by atoms with van der Waals surface area (Å²) >= 11 is 5.88. The molecule has 0 spiro atoms. The van der Waals surface area contributed by atoms with E-state index in [-0.39, 0.29) is 17.6 Å². The van der Waals surface area contributed by atoms with Crippen molar-refractivity contribution in [2.75, 3.05) is 6.54 Å². The van der Waals surface area contributed by atoms with E-state index in [0.29, 0.717) is 24.1 Å². The number of nitrogens with zero attached hydrogens (tertiary/aromatic N) is 4. The van der Waals surface area contributed by atoms with E-state index in [4.69, 9.17) is 17.3 Å². The van der Waals surface area contributed by atoms with E-state index in [9.17, 15) is 9.70 Å². The Hall–Kier alpha value is -2.41. The van der Waals surface area contributed by atoms with Gasteiger partial charge in [-0.15, -0.1) is 4.91 Å². The molecule has 3 rings (SSSR count). The van der Waals surface area contributed by atoms with Crippen molar-refractivity contribution in [3.05, 3.63) is 51.3 Å². The molecule has 1 atom stereocenters. The largest absolute Gasteiger partial charge is 0.383 e. The van der Waals surface area contributed by atoms with Crippen molar-refractivity contribution in [3.8, 4) is 0 Å². The van der Waals surface area contributed by atoms with Gasteiger partial charge in [0.1, 0.15) is 5.82 Å². The topological polar surface area (TPSA) is 91.4 Å². The first-order chi connectivity index (χ1) is 10.5. The fraction of sp³-hybridized carbons (Fsp3) is 0.286. The van der Waals surface area contributed by atoms with Crippen molar-refractivity contribution < 1.29 is 4.79 Å². The molecule has 0 bridgehead atoms. The van der Waals surface area contributed by atoms with Gasteiger partial charge in [0, 0.05) is 5.02 Å². The number of halogens is 1. The molecule has 2 heterocycles. The van der Waals surface area contributed by atoms with Crippen LogP contribution in [0.1, 0.15) is 12.5 Å². The molecule has 0 radical (unpaired) electrons. The summed E-state index contributed by atoms with van der Waals surface area (Å²) in [5.41, 5.74) is 6.61. The standard InChI is InChI=1S/C14H14ClN5O2/c1-8-6-20-13(21)11(18-22)12(16)19(14(20)17-8)7-9-2-4-10(15)5-3-9/h2-5,8H,6-7,16H2,1H3. The molecule has 2 aliphatic rings. The molecular formula is C14H14ClN5O2. The molecule has 0 fully saturated rings. The minimum Gasteiger partial charge on any atom is -0.383 e. The first-order valence-corrected chi connectivity index (χ1v) is 7.14. The quantitative estimate of drug-likeness (QED) is 0.857. The molecule has 1 aromatic carbocycles. The van der Waals surface area contributed by atoms with E-state index in [1.807, 2.05) is 19.1 Å². The molecule has 1 aromatic rings. The maximum absolute atomic E-state index is 12.2. The second-order valence-corrected chi connectivity index (χ2v) is 5.67. The Bertz CT molecular complexity index is 698. The van der Waals surface area contributed by atoms with Gasteiger partial charge in [-0.3, -0.25) is 14.6 Å². The molecule has 0 saturated heterocycles. The second kappa shape index (κ2) is 5.42. The molecule has 22 heavy (non-hydrogen) atoms. The summed E-state index contributed by atoms with van der Waals surface area (Å²) in [6, 6.07) is 7.18. The minimum atomic E-state index is -0.497. The van der Waals surface area contributed by atoms with E-state index < -0.39 is 5.91 Å². The molecule has 0 aliphatic carbocycles. The molecule has 1 amide bonds. The summed E-state index contributed by atoms with van der Waals surface area (Å²) < 4.78 is 0. The Morgan fingerprint density at radius 2 is 2.09 bits per heavy atom. The molecule has 7 nitrogen and oxygen atoms in total. The Labute approximate surface area is 132 Å². The number of aliphatic imine (C=N–C) groups is 1. The van der Waals surface area contributed by atoms with Crippen molar-refractivity contribution >= 4 is 23.5 Å². The first kappa shape index (κ1) is 14.5. The smallest absolute Gasteiger partial charge is 0.286 e. The van der Waals surface area contributed by atoms with Crippen LogP contribution in [0.5, 0.6) is 0 Å². The maximum atomic E-state index is 12.2. The highest BCUT2D eigenvalue weighted by molar-refractivity contribution is 6.30. The Kier molecular flexibility index (Phi) is 3.58. The van der Waals surface area contributed by atoms with Crippen LogP contribution in [-0.2, 0) is 11.3 Å². The number of rotatable bonds is 3. The zero-order valence-electron chi connectivity index (χ0n) is 11.9. The monoisotopic (exact) mass is 319 g/mol. The van der Waals surface area contributed by atoms with Gasteiger partial charge in [0.05, 0.1) is 19.1 Å². The van der Waals surface area contributed by atoms with Crippen molar-refractivity contribution in [3.63, 3.8) is 0 Å². The highest BCUT2D eigenvalue weighted by Crippen LogP contribution is 2.26. The van der Waals surface area contributed by atoms with Gasteiger partial charge in [-0.05, 0) is 29.8 Å². The average Bonchev–Trinajstić information content (AvgIpc) is 2.88. The molecule has 1 unspecified atom stereocenters. The van der Waals surface area contributed by atoms with Crippen LogP contribution >= 0.6 is 11.6 Å². The van der Waals surface area contributed by atoms with Crippen molar-refractivity contribution in [1.82, 2.24) is 9.80 Å². The third kappa shape index (κ3) is 2.33. The van der Waals surface area contributed by atoms with Crippen LogP contribution in [0.25, 0.3) is 0 Å². The number of guanidine groups is 1. The summed E-state index contributed by atoms with van der Waals surface area (Å²) in [5.74, 6) is -0.0145. The van der Waals surface area contributed by atoms with Gasteiger partial charge >= 0.3 is 0 Å². The van der Waals surface area contributed by atoms with Crippen LogP contribution in [0, 0.1) is 4.91 Å². The minimum absolute atomic E-state index is 0.0269. The number of hydrogen-bond acceptors (Lipinski definition) is 6. The number of carbonyl (C=O) groups excluding carboxylic acids is 1. The van der Waals surface area contributed by atoms with E-state index in [2.05, 4.69) is 10.2 Å². The number of fused-ring (bicyclic) bond motifs is 1. The molecular weight excluding hydrogens is 306 g/mol. The lowest BCUT2D eigenvalue weighted by Gasteiger charge is -2.34. The molecule has 114 valence electrons. The fourth-order valence-corrected chi connectivity index (χ4v) is 2.66. The van der Waals surface area contributed by atoms with Crippen LogP contribution in [0.15, 0.2) is 46.0 Å². The Morgan fingerprint density at radius 3 is 2.73 bits per heavy atom. The van der Waals surface area contributed by atoms with Crippen molar-refractivity contribution in [2.45, 2.75) is 19.5 Å². The van der Waals surface area contributed by atoms with E-state index in [0.717, 1.165) is 5.56 Å². The number of carbonyl (C=O) groups is 1. The number of nitroso groups, excluding NO2 is 1. The number of benzene rings is 1. The lowest BCUT2D eigenvalue weighted by Crippen LogP contribution is -2.51. The van der Waals surface area contributed by atoms with Crippen LogP contribution in [0.2, 0.25) is 5.02 Å². The van der Waals surface area contributed by atoms with Gasteiger partial charge in [0.15, 0.2) is 0 Å². The number of hydrogen-bond donors (Lipinski definition) is 1. The molecule has 2 N–H and O–H groups in total. The normalized spacial score (nSPS) is 21.1. The SMILES string of the molecule is CC1CN2C(=O)C(N=O)=C(N)N(Cc3ccc(Cl)cc3)C2=N1. The van der Waals surface area contributed by atoms with Gasteiger partial charge in [-0.2, -0.15) is 0 Å². The zero-order chi connectivity index (χ0) is 15.9. The third-order valence-electron chi connectivity index (χ3n) is 3.59. The van der Waals surface area contributed by atoms with Gasteiger partial charge in [-0.25, -0.2) is 4.99 Å². The van der Waals surface area contributed by atoms with E-state index in [1.165, 1.54) is 4.90 Å². The van der Waals surface area contributed by atoms with E-state index in [1.54, 1.807) is 17.0 Å². The van der Waals surface area contributed by atoms with Crippen LogP contribution in [-0.4, -0.2) is 34.3 Å². The lowest BCUT2D eigenvalue weighted by molar-refractivity contribution is -0.124. The molecule has 8 heteroatoms. The van der Waals surface area contributed by atoms with Crippen molar-refractivity contribution in [1.29, 1.82) is 0 Å². The van der Waals surface area contributed by atoms with Crippen LogP contribution in [0.4, 0.5) is 0 Å². The summed E-state index contributed by atoms with van der Waals surface area (Å²) in [7, 11) is 0. The number of amides is 1. The number of nitrogens with two attached hydrogens (primary N) is 1. The van der Waals surface area contributed by atoms with Gasteiger partial charge < -0.3 is 5.73 Å². The zero-order valence-corrected chi connectivity index (χ0v) is 12.6. The Balaban J connectivity index is 2.00. The van der Waals surface area contributed by atoms with Crippen LogP contribution in [0.3, 0.4) is 0 Å². The predicted octanol–water partition coefficient (Wildman–Crippen LogP) is 1.64. The van der Waals surface area contributed by atoms with Crippen LogP contribution < -0.4 is 5.73 Å². The fourth-order valence-electron chi connectivity index (χ4n) is 2.53. The molecule has 0 aromatic heterocycles. The molecule has 0 saturated carbocycles. The van der Waals surface area contributed by atoms with Gasteiger partial charge in [0.2, 0.25) is 11.7 Å². The highest BCUT2D eigenvalue weighted by atomic mass is 35.5. The van der Waals surface area contributed by atoms with Crippen molar-refractivity contribution in [2.24, 2.45) is 15.9 Å². The maximum Gasteiger partial charge on any atom is 0.286 e. The third-order valence-corrected chi connectivity index (χ3v) is 3.84. The summed E-state index contributed by atoms with van der Waals surface area (Å²) in [4.78, 5) is 30.7. The average molecular weight is 320 g/mol. The Morgan fingerprint density at radius 1 is 1.41 bits per heavy atom. The second-order valence-electron chi connectivity index (χ2n) is 5.23. The summed E-state index contributed by atoms with van der Waals surface area (Å²) in [6.45, 7) is 2.68. The summed E-state index contributed by atoms with van der Waals surface area (Å²) in [6.07, 6.45) is 0. The predicted molar refractivity (Wildman–Crippen MR) is 82.6 cm³/mol. The first-order valence-electron chi connectivity index (χ1n) is 6.76. The van der Waals surface area contributed by atoms with Gasteiger partial charge in [-0.1, -0.05) is 23.7 Å². The molecule has 2 aliphatic heterocycles. The van der Waals surface area contributed by atoms with E-state index >= 15 is 0 Å². The lowest BCUT2D eigenvalue weighted by atomic mass is 10.2. The summed E-state index contributed by atoms with van der Waals surface area (Å²) in [5, 5.41) is 3.43. The van der Waals surface area contributed by atoms with Gasteiger partial charge in [0.25, 0.3) is 5.91 Å².